The molecule has 7 nitrogen and oxygen atoms in total. The Morgan fingerprint density at radius 3 is 2.83 bits per heavy atom. The van der Waals surface area contributed by atoms with E-state index in [1.54, 1.807) is 0 Å². The van der Waals surface area contributed by atoms with Crippen molar-refractivity contribution in [1.29, 1.82) is 0 Å². The summed E-state index contributed by atoms with van der Waals surface area (Å²) in [4.78, 5) is 11.7. The lowest BCUT2D eigenvalue weighted by atomic mass is 10.4. The number of hydrogen-bond acceptors (Lipinski definition) is 7. The Balaban J connectivity index is 2.56. The van der Waals surface area contributed by atoms with Gasteiger partial charge in [0, 0.05) is 13.7 Å². The fourth-order valence-corrected chi connectivity index (χ4v) is 1.28. The number of rotatable bonds is 8. The molecule has 0 amide bonds. The van der Waals surface area contributed by atoms with Crippen LogP contribution in [0, 0.1) is 0 Å². The molecule has 1 atom stereocenters. The van der Waals surface area contributed by atoms with Crippen molar-refractivity contribution in [3.05, 3.63) is 5.28 Å². The number of halogens is 1. The van der Waals surface area contributed by atoms with Crippen LogP contribution in [0.1, 0.15) is 13.3 Å². The summed E-state index contributed by atoms with van der Waals surface area (Å²) in [5.74, 6) is 0.260. The zero-order valence-corrected chi connectivity index (χ0v) is 11.1. The van der Waals surface area contributed by atoms with Gasteiger partial charge in [0.25, 0.3) is 0 Å². The van der Waals surface area contributed by atoms with E-state index in [1.807, 2.05) is 6.92 Å². The van der Waals surface area contributed by atoms with E-state index in [4.69, 9.17) is 21.1 Å². The number of aliphatic hydroxyl groups is 1. The lowest BCUT2D eigenvalue weighted by Crippen LogP contribution is -2.25. The Labute approximate surface area is 111 Å². The lowest BCUT2D eigenvalue weighted by molar-refractivity contribution is 0.0726. The van der Waals surface area contributed by atoms with Crippen molar-refractivity contribution in [3.8, 4) is 6.01 Å². The molecule has 0 aliphatic rings. The Kier molecular flexibility index (Phi) is 6.63. The van der Waals surface area contributed by atoms with Gasteiger partial charge in [-0.25, -0.2) is 0 Å². The molecule has 0 saturated carbocycles. The van der Waals surface area contributed by atoms with Crippen LogP contribution in [0.25, 0.3) is 0 Å². The highest BCUT2D eigenvalue weighted by molar-refractivity contribution is 6.28. The molecule has 0 fully saturated rings. The Morgan fingerprint density at radius 2 is 2.17 bits per heavy atom. The molecule has 0 spiro atoms. The van der Waals surface area contributed by atoms with E-state index in [-0.39, 0.29) is 30.4 Å². The summed E-state index contributed by atoms with van der Waals surface area (Å²) in [7, 11) is 1.51. The molecular formula is C10H17ClN4O3. The molecule has 2 N–H and O–H groups in total. The van der Waals surface area contributed by atoms with Crippen LogP contribution in [-0.4, -0.2) is 53.0 Å². The summed E-state index contributed by atoms with van der Waals surface area (Å²) in [5.41, 5.74) is 0. The number of methoxy groups -OCH3 is 1. The average molecular weight is 277 g/mol. The monoisotopic (exact) mass is 276 g/mol. The molecule has 0 aromatic carbocycles. The maximum Gasteiger partial charge on any atom is 0.322 e. The summed E-state index contributed by atoms with van der Waals surface area (Å²) in [6, 6.07) is 0.167. The van der Waals surface area contributed by atoms with Crippen LogP contribution in [0.2, 0.25) is 5.28 Å². The number of nitrogens with one attached hydrogen (secondary N) is 1. The molecule has 0 saturated heterocycles. The van der Waals surface area contributed by atoms with Crippen molar-refractivity contribution in [3.63, 3.8) is 0 Å². The summed E-state index contributed by atoms with van der Waals surface area (Å²) >= 11 is 5.74. The number of nitrogens with zero attached hydrogens (tertiary/aromatic N) is 3. The quantitative estimate of drug-likeness (QED) is 0.723. The normalized spacial score (nSPS) is 12.2. The molecule has 1 aromatic rings. The van der Waals surface area contributed by atoms with Crippen LogP contribution in [0.15, 0.2) is 0 Å². The summed E-state index contributed by atoms with van der Waals surface area (Å²) in [5, 5.41) is 12.3. The van der Waals surface area contributed by atoms with E-state index in [2.05, 4.69) is 20.3 Å². The number of hydrogen-bond donors (Lipinski definition) is 2. The Morgan fingerprint density at radius 1 is 1.39 bits per heavy atom. The predicted octanol–water partition coefficient (Wildman–Crippen LogP) is 0.733. The van der Waals surface area contributed by atoms with Crippen LogP contribution >= 0.6 is 11.6 Å². The fourth-order valence-electron chi connectivity index (χ4n) is 1.13. The maximum absolute atomic E-state index is 9.47. The van der Waals surface area contributed by atoms with E-state index < -0.39 is 6.10 Å². The van der Waals surface area contributed by atoms with Crippen LogP contribution in [0.5, 0.6) is 6.01 Å². The molecule has 0 aliphatic heterocycles. The van der Waals surface area contributed by atoms with Gasteiger partial charge >= 0.3 is 6.01 Å². The molecule has 1 aromatic heterocycles. The minimum atomic E-state index is -0.648. The maximum atomic E-state index is 9.47. The molecule has 1 rings (SSSR count). The molecule has 18 heavy (non-hydrogen) atoms. The minimum absolute atomic E-state index is 0.0415. The number of aliphatic hydroxyl groups excluding tert-OH is 1. The van der Waals surface area contributed by atoms with E-state index in [0.717, 1.165) is 6.42 Å². The molecule has 102 valence electrons. The van der Waals surface area contributed by atoms with Crippen LogP contribution in [0.3, 0.4) is 0 Å². The standard InChI is InChI=1S/C10H17ClN4O3/c1-3-4-18-10-14-8(11)13-9(15-10)12-5-7(16)6-17-2/h7,16H,3-6H2,1-2H3,(H,12,13,14,15). The number of anilines is 1. The van der Waals surface area contributed by atoms with Crippen molar-refractivity contribution >= 4 is 17.5 Å². The van der Waals surface area contributed by atoms with E-state index in [0.29, 0.717) is 6.61 Å². The van der Waals surface area contributed by atoms with Gasteiger partial charge in [-0.05, 0) is 18.0 Å². The Hall–Kier alpha value is -1.18. The van der Waals surface area contributed by atoms with Gasteiger partial charge in [-0.3, -0.25) is 0 Å². The molecule has 0 radical (unpaired) electrons. The summed E-state index contributed by atoms with van der Waals surface area (Å²) < 4.78 is 10.1. The van der Waals surface area contributed by atoms with Gasteiger partial charge in [0.15, 0.2) is 0 Å². The second-order valence-electron chi connectivity index (χ2n) is 3.55. The van der Waals surface area contributed by atoms with Crippen molar-refractivity contribution in [1.82, 2.24) is 15.0 Å². The first-order chi connectivity index (χ1) is 8.65. The average Bonchev–Trinajstić information content (AvgIpc) is 2.34. The molecular weight excluding hydrogens is 260 g/mol. The zero-order chi connectivity index (χ0) is 13.4. The van der Waals surface area contributed by atoms with Crippen LogP contribution in [0.4, 0.5) is 5.95 Å². The van der Waals surface area contributed by atoms with Crippen molar-refractivity contribution in [2.45, 2.75) is 19.4 Å². The highest BCUT2D eigenvalue weighted by Gasteiger charge is 2.08. The first kappa shape index (κ1) is 14.9. The molecule has 0 bridgehead atoms. The van der Waals surface area contributed by atoms with Crippen LogP contribution in [-0.2, 0) is 4.74 Å². The molecule has 1 unspecified atom stereocenters. The third kappa shape index (κ3) is 5.44. The first-order valence-corrected chi connectivity index (χ1v) is 5.98. The second kappa shape index (κ2) is 8.02. The predicted molar refractivity (Wildman–Crippen MR) is 67.0 cm³/mol. The molecule has 1 heterocycles. The SMILES string of the molecule is CCCOc1nc(Cl)nc(NCC(O)COC)n1. The van der Waals surface area contributed by atoms with E-state index >= 15 is 0 Å². The minimum Gasteiger partial charge on any atom is -0.463 e. The van der Waals surface area contributed by atoms with Crippen LogP contribution < -0.4 is 10.1 Å². The highest BCUT2D eigenvalue weighted by Crippen LogP contribution is 2.11. The van der Waals surface area contributed by atoms with Gasteiger partial charge in [-0.2, -0.15) is 15.0 Å². The first-order valence-electron chi connectivity index (χ1n) is 5.61. The fraction of sp³-hybridized carbons (Fsp3) is 0.700. The van der Waals surface area contributed by atoms with Gasteiger partial charge in [0.2, 0.25) is 11.2 Å². The third-order valence-corrected chi connectivity index (χ3v) is 2.05. The van der Waals surface area contributed by atoms with E-state index in [1.165, 1.54) is 7.11 Å². The van der Waals surface area contributed by atoms with Crippen molar-refractivity contribution in [2.75, 3.05) is 32.2 Å². The van der Waals surface area contributed by atoms with Gasteiger partial charge < -0.3 is 19.9 Å². The molecule has 0 aliphatic carbocycles. The number of ether oxygens (including phenoxy) is 2. The second-order valence-corrected chi connectivity index (χ2v) is 3.89. The highest BCUT2D eigenvalue weighted by atomic mass is 35.5. The van der Waals surface area contributed by atoms with Crippen molar-refractivity contribution < 1.29 is 14.6 Å². The molecule has 8 heteroatoms. The summed E-state index contributed by atoms with van der Waals surface area (Å²) in [6.07, 6.45) is 0.198. The van der Waals surface area contributed by atoms with Crippen molar-refractivity contribution in [2.24, 2.45) is 0 Å². The smallest absolute Gasteiger partial charge is 0.322 e. The van der Waals surface area contributed by atoms with Gasteiger partial charge in [0.05, 0.1) is 19.3 Å². The largest absolute Gasteiger partial charge is 0.463 e. The lowest BCUT2D eigenvalue weighted by Gasteiger charge is -2.11. The Bertz CT molecular complexity index is 367. The number of aromatic nitrogens is 3. The third-order valence-electron chi connectivity index (χ3n) is 1.88. The van der Waals surface area contributed by atoms with Gasteiger partial charge in [-0.1, -0.05) is 6.92 Å². The van der Waals surface area contributed by atoms with E-state index in [9.17, 15) is 5.11 Å². The topological polar surface area (TPSA) is 89.4 Å². The summed E-state index contributed by atoms with van der Waals surface area (Å²) in [6.45, 7) is 2.96. The van der Waals surface area contributed by atoms with Gasteiger partial charge in [-0.15, -0.1) is 0 Å². The van der Waals surface area contributed by atoms with Gasteiger partial charge in [0.1, 0.15) is 0 Å². The zero-order valence-electron chi connectivity index (χ0n) is 10.4.